The van der Waals surface area contributed by atoms with Gasteiger partial charge in [-0.2, -0.15) is 0 Å². The van der Waals surface area contributed by atoms with Crippen LogP contribution in [0.3, 0.4) is 0 Å². The highest BCUT2D eigenvalue weighted by Gasteiger charge is 2.56. The molecule has 1 aromatic carbocycles. The fourth-order valence-electron chi connectivity index (χ4n) is 3.29. The summed E-state index contributed by atoms with van der Waals surface area (Å²) >= 11 is 0. The number of amides is 1. The predicted molar refractivity (Wildman–Crippen MR) is 73.5 cm³/mol. The third kappa shape index (κ3) is 1.80. The number of carbonyl (C=O) groups is 1. The van der Waals surface area contributed by atoms with E-state index in [-0.39, 0.29) is 11.4 Å². The summed E-state index contributed by atoms with van der Waals surface area (Å²) in [6, 6.07) is 10.3. The van der Waals surface area contributed by atoms with Crippen LogP contribution in [0.25, 0.3) is 0 Å². The van der Waals surface area contributed by atoms with Crippen molar-refractivity contribution in [3.63, 3.8) is 0 Å². The van der Waals surface area contributed by atoms with Crippen LogP contribution >= 0.6 is 0 Å². The number of ether oxygens (including phenoxy) is 1. The van der Waals surface area contributed by atoms with Crippen LogP contribution < -0.4 is 0 Å². The first-order chi connectivity index (χ1) is 8.95. The normalized spacial score (nSPS) is 28.5. The van der Waals surface area contributed by atoms with Gasteiger partial charge in [-0.3, -0.25) is 9.69 Å². The number of rotatable bonds is 2. The molecular weight excluding hydrogens is 238 g/mol. The van der Waals surface area contributed by atoms with Crippen molar-refractivity contribution in [1.82, 2.24) is 4.90 Å². The Balaban J connectivity index is 2.00. The van der Waals surface area contributed by atoms with Gasteiger partial charge in [-0.25, -0.2) is 0 Å². The van der Waals surface area contributed by atoms with Crippen LogP contribution in [-0.2, 0) is 16.0 Å². The fraction of sp³-hybridized carbons (Fsp3) is 0.438. The molecule has 2 aliphatic heterocycles. The van der Waals surface area contributed by atoms with E-state index in [2.05, 4.69) is 18.2 Å². The van der Waals surface area contributed by atoms with E-state index in [9.17, 15) is 4.79 Å². The van der Waals surface area contributed by atoms with Crippen molar-refractivity contribution in [3.05, 3.63) is 47.5 Å². The lowest BCUT2D eigenvalue weighted by atomic mass is 9.91. The molecule has 0 radical (unpaired) electrons. The van der Waals surface area contributed by atoms with E-state index in [1.54, 1.807) is 0 Å². The van der Waals surface area contributed by atoms with Crippen molar-refractivity contribution >= 4 is 5.91 Å². The van der Waals surface area contributed by atoms with E-state index in [0.717, 1.165) is 12.0 Å². The van der Waals surface area contributed by atoms with E-state index >= 15 is 0 Å². The summed E-state index contributed by atoms with van der Waals surface area (Å²) in [6.07, 6.45) is 2.89. The number of nitrogens with zero attached hydrogens (tertiary/aromatic N) is 1. The molecule has 3 rings (SSSR count). The zero-order chi connectivity index (χ0) is 13.7. The number of fused-ring (bicyclic) bond motifs is 1. The Labute approximate surface area is 113 Å². The number of benzene rings is 1. The maximum atomic E-state index is 12.4. The molecule has 2 heterocycles. The Morgan fingerprint density at radius 3 is 2.63 bits per heavy atom. The van der Waals surface area contributed by atoms with Crippen LogP contribution in [0.4, 0.5) is 0 Å². The second-order valence-corrected chi connectivity index (χ2v) is 5.97. The average Bonchev–Trinajstić information content (AvgIpc) is 2.75. The zero-order valence-electron chi connectivity index (χ0n) is 11.6. The van der Waals surface area contributed by atoms with Crippen molar-refractivity contribution in [1.29, 1.82) is 0 Å². The molecule has 0 N–H and O–H groups in total. The zero-order valence-corrected chi connectivity index (χ0v) is 11.6. The van der Waals surface area contributed by atoms with Crippen molar-refractivity contribution < 1.29 is 9.53 Å². The van der Waals surface area contributed by atoms with Gasteiger partial charge in [-0.05, 0) is 32.4 Å². The van der Waals surface area contributed by atoms with E-state index in [1.807, 2.05) is 43.9 Å². The van der Waals surface area contributed by atoms with Gasteiger partial charge in [0.05, 0.1) is 12.1 Å². The smallest absolute Gasteiger partial charge is 0.252 e. The van der Waals surface area contributed by atoms with Crippen molar-refractivity contribution in [3.8, 4) is 0 Å². The summed E-state index contributed by atoms with van der Waals surface area (Å²) in [5.74, 6) is 0.0958. The highest BCUT2D eigenvalue weighted by Crippen LogP contribution is 2.43. The summed E-state index contributed by atoms with van der Waals surface area (Å²) in [5.41, 5.74) is 1.21. The van der Waals surface area contributed by atoms with Crippen LogP contribution in [0.15, 0.2) is 42.0 Å². The molecule has 0 aromatic heterocycles. The first kappa shape index (κ1) is 12.4. The first-order valence-corrected chi connectivity index (χ1v) is 6.67. The molecule has 19 heavy (non-hydrogen) atoms. The summed E-state index contributed by atoms with van der Waals surface area (Å²) in [6.45, 7) is 6.38. The van der Waals surface area contributed by atoms with Gasteiger partial charge < -0.3 is 4.74 Å². The van der Waals surface area contributed by atoms with Crippen molar-refractivity contribution in [2.45, 2.75) is 38.5 Å². The standard InChI is InChI=1S/C16H19NO2/c1-12-9-16(10-13-7-5-4-6-8-13)11-19-15(2,3)17(16)14(12)18/h4-9H,10-11H2,1-3H3/t16-/m0/s1. The molecule has 1 fully saturated rings. The van der Waals surface area contributed by atoms with Crippen molar-refractivity contribution in [2.24, 2.45) is 0 Å². The Bertz CT molecular complexity index is 547. The van der Waals surface area contributed by atoms with E-state index < -0.39 is 5.72 Å². The van der Waals surface area contributed by atoms with Gasteiger partial charge >= 0.3 is 0 Å². The Kier molecular flexibility index (Phi) is 2.58. The maximum absolute atomic E-state index is 12.4. The van der Waals surface area contributed by atoms with E-state index in [0.29, 0.717) is 6.61 Å². The summed E-state index contributed by atoms with van der Waals surface area (Å²) in [5, 5.41) is 0. The predicted octanol–water partition coefficient (Wildman–Crippen LogP) is 2.52. The first-order valence-electron chi connectivity index (χ1n) is 6.67. The molecule has 3 nitrogen and oxygen atoms in total. The lowest BCUT2D eigenvalue weighted by Crippen LogP contribution is -2.52. The molecule has 0 saturated carbocycles. The average molecular weight is 257 g/mol. The summed E-state index contributed by atoms with van der Waals surface area (Å²) in [7, 11) is 0. The number of hydrogen-bond donors (Lipinski definition) is 0. The lowest BCUT2D eigenvalue weighted by molar-refractivity contribution is -0.141. The molecular formula is C16H19NO2. The minimum absolute atomic E-state index is 0.0958. The fourth-order valence-corrected chi connectivity index (χ4v) is 3.29. The molecule has 0 unspecified atom stereocenters. The lowest BCUT2D eigenvalue weighted by Gasteiger charge is -2.36. The van der Waals surface area contributed by atoms with Gasteiger partial charge in [0.15, 0.2) is 0 Å². The molecule has 0 bridgehead atoms. The third-order valence-corrected chi connectivity index (χ3v) is 4.04. The Hall–Kier alpha value is -1.61. The van der Waals surface area contributed by atoms with E-state index in [1.165, 1.54) is 5.56 Å². The molecule has 0 spiro atoms. The molecule has 1 aromatic rings. The van der Waals surface area contributed by atoms with Gasteiger partial charge in [0.25, 0.3) is 5.91 Å². The van der Waals surface area contributed by atoms with Crippen LogP contribution in [0.5, 0.6) is 0 Å². The van der Waals surface area contributed by atoms with Crippen LogP contribution in [0, 0.1) is 0 Å². The highest BCUT2D eigenvalue weighted by atomic mass is 16.5. The summed E-state index contributed by atoms with van der Waals surface area (Å²) in [4.78, 5) is 14.3. The van der Waals surface area contributed by atoms with Gasteiger partial charge in [-0.15, -0.1) is 0 Å². The molecule has 2 aliphatic rings. The minimum atomic E-state index is -0.528. The van der Waals surface area contributed by atoms with E-state index in [4.69, 9.17) is 4.74 Å². The van der Waals surface area contributed by atoms with Gasteiger partial charge in [0.1, 0.15) is 5.72 Å². The maximum Gasteiger partial charge on any atom is 0.252 e. The third-order valence-electron chi connectivity index (χ3n) is 4.04. The second kappa shape index (κ2) is 3.94. The SMILES string of the molecule is CC1=C[C@]2(Cc3ccccc3)COC(C)(C)N2C1=O. The molecule has 1 amide bonds. The largest absolute Gasteiger partial charge is 0.353 e. The molecule has 3 heteroatoms. The molecule has 0 aliphatic carbocycles. The Morgan fingerprint density at radius 1 is 1.26 bits per heavy atom. The highest BCUT2D eigenvalue weighted by molar-refractivity contribution is 5.97. The molecule has 1 saturated heterocycles. The Morgan fingerprint density at radius 2 is 1.95 bits per heavy atom. The molecule has 1 atom stereocenters. The van der Waals surface area contributed by atoms with Crippen LogP contribution in [-0.4, -0.2) is 28.7 Å². The minimum Gasteiger partial charge on any atom is -0.353 e. The summed E-state index contributed by atoms with van der Waals surface area (Å²) < 4.78 is 5.86. The van der Waals surface area contributed by atoms with Gasteiger partial charge in [-0.1, -0.05) is 30.3 Å². The van der Waals surface area contributed by atoms with Crippen molar-refractivity contribution in [2.75, 3.05) is 6.61 Å². The van der Waals surface area contributed by atoms with Gasteiger partial charge in [0, 0.05) is 12.0 Å². The monoisotopic (exact) mass is 257 g/mol. The number of carbonyl (C=O) groups excluding carboxylic acids is 1. The second-order valence-electron chi connectivity index (χ2n) is 5.97. The quantitative estimate of drug-likeness (QED) is 0.814. The molecule has 100 valence electrons. The van der Waals surface area contributed by atoms with Crippen LogP contribution in [0.1, 0.15) is 26.3 Å². The topological polar surface area (TPSA) is 29.5 Å². The van der Waals surface area contributed by atoms with Crippen LogP contribution in [0.2, 0.25) is 0 Å². The number of hydrogen-bond acceptors (Lipinski definition) is 2. The van der Waals surface area contributed by atoms with Gasteiger partial charge in [0.2, 0.25) is 0 Å².